The molecule has 3 aliphatic rings. The van der Waals surface area contributed by atoms with Gasteiger partial charge in [-0.15, -0.1) is 0 Å². The van der Waals surface area contributed by atoms with Crippen LogP contribution in [0.15, 0.2) is 0 Å². The van der Waals surface area contributed by atoms with E-state index in [1.165, 1.54) is 32.1 Å². The van der Waals surface area contributed by atoms with Crippen molar-refractivity contribution < 1.29 is 9.53 Å². The van der Waals surface area contributed by atoms with Crippen molar-refractivity contribution in [2.75, 3.05) is 6.54 Å². The summed E-state index contributed by atoms with van der Waals surface area (Å²) in [5.74, 6) is 0. The van der Waals surface area contributed by atoms with Gasteiger partial charge in [0.25, 0.3) is 0 Å². The zero-order valence-electron chi connectivity index (χ0n) is 14.5. The van der Waals surface area contributed by atoms with Crippen molar-refractivity contribution in [3.05, 3.63) is 0 Å². The summed E-state index contributed by atoms with van der Waals surface area (Å²) >= 11 is 0. The first-order valence-electron chi connectivity index (χ1n) is 9.15. The van der Waals surface area contributed by atoms with Crippen LogP contribution in [-0.2, 0) is 4.74 Å². The molecule has 0 radical (unpaired) electrons. The van der Waals surface area contributed by atoms with Crippen molar-refractivity contribution in [3.8, 4) is 0 Å². The van der Waals surface area contributed by atoms with Gasteiger partial charge in [-0.3, -0.25) is 0 Å². The highest BCUT2D eigenvalue weighted by Gasteiger charge is 2.47. The van der Waals surface area contributed by atoms with Gasteiger partial charge < -0.3 is 15.0 Å². The second-order valence-corrected chi connectivity index (χ2v) is 8.55. The van der Waals surface area contributed by atoms with Gasteiger partial charge in [-0.2, -0.15) is 0 Å². The third-order valence-electron chi connectivity index (χ3n) is 5.35. The zero-order valence-corrected chi connectivity index (χ0v) is 14.5. The van der Waals surface area contributed by atoms with Gasteiger partial charge in [-0.25, -0.2) is 4.79 Å². The van der Waals surface area contributed by atoms with Crippen LogP contribution in [0.1, 0.15) is 78.6 Å². The third-order valence-corrected chi connectivity index (χ3v) is 5.35. The molecule has 22 heavy (non-hydrogen) atoms. The van der Waals surface area contributed by atoms with Gasteiger partial charge in [0.1, 0.15) is 5.60 Å². The van der Waals surface area contributed by atoms with E-state index in [2.05, 4.69) is 10.2 Å². The van der Waals surface area contributed by atoms with Crippen molar-refractivity contribution in [1.82, 2.24) is 10.2 Å². The average molecular weight is 308 g/mol. The van der Waals surface area contributed by atoms with Crippen LogP contribution in [0.3, 0.4) is 0 Å². The van der Waals surface area contributed by atoms with E-state index in [0.717, 1.165) is 38.3 Å². The normalized spacial score (nSPS) is 28.7. The maximum absolute atomic E-state index is 12.7. The topological polar surface area (TPSA) is 41.6 Å². The summed E-state index contributed by atoms with van der Waals surface area (Å²) in [6, 6.07) is 1.34. The summed E-state index contributed by atoms with van der Waals surface area (Å²) < 4.78 is 5.70. The number of amides is 1. The Labute approximate surface area is 135 Å². The first-order chi connectivity index (χ1) is 10.4. The van der Waals surface area contributed by atoms with E-state index in [1.807, 2.05) is 20.8 Å². The molecule has 1 spiro atoms. The van der Waals surface area contributed by atoms with E-state index in [1.54, 1.807) is 0 Å². The number of nitrogens with zero attached hydrogens (tertiary/aromatic N) is 1. The van der Waals surface area contributed by atoms with Crippen LogP contribution in [-0.4, -0.2) is 40.8 Å². The van der Waals surface area contributed by atoms with E-state index in [0.29, 0.717) is 6.04 Å². The number of nitrogens with one attached hydrogen (secondary N) is 1. The van der Waals surface area contributed by atoms with E-state index < -0.39 is 5.60 Å². The molecule has 1 N–H and O–H groups in total. The van der Waals surface area contributed by atoms with Gasteiger partial charge in [-0.1, -0.05) is 19.3 Å². The van der Waals surface area contributed by atoms with Crippen molar-refractivity contribution in [2.45, 2.75) is 102 Å². The lowest BCUT2D eigenvalue weighted by molar-refractivity contribution is -0.0331. The zero-order chi connectivity index (χ0) is 15.8. The van der Waals surface area contributed by atoms with E-state index >= 15 is 0 Å². The number of ether oxygens (including phenoxy) is 1. The van der Waals surface area contributed by atoms with E-state index in [9.17, 15) is 4.79 Å². The highest BCUT2D eigenvalue weighted by Crippen LogP contribution is 2.42. The molecule has 0 bridgehead atoms. The molecule has 3 rings (SSSR count). The number of carbonyl (C=O) groups excluding carboxylic acids is 1. The number of rotatable bonds is 2. The summed E-state index contributed by atoms with van der Waals surface area (Å²) in [6.45, 7) is 6.72. The summed E-state index contributed by atoms with van der Waals surface area (Å²) in [7, 11) is 0. The van der Waals surface area contributed by atoms with Crippen LogP contribution in [0.2, 0.25) is 0 Å². The first-order valence-corrected chi connectivity index (χ1v) is 9.15. The molecule has 126 valence electrons. The summed E-state index contributed by atoms with van der Waals surface area (Å²) in [4.78, 5) is 14.8. The quantitative estimate of drug-likeness (QED) is 0.842. The highest BCUT2D eigenvalue weighted by molar-refractivity contribution is 5.69. The molecule has 4 heteroatoms. The van der Waals surface area contributed by atoms with Crippen LogP contribution < -0.4 is 5.32 Å². The number of hydrogen-bond donors (Lipinski definition) is 1. The average Bonchev–Trinajstić information content (AvgIpc) is 3.21. The standard InChI is InChI=1S/C18H32N2O2/c1-17(2,3)22-16(21)20-12-9-15(19-14-7-8-14)13-18(20)10-5-4-6-11-18/h14-15,19H,4-13H2,1-3H3. The van der Waals surface area contributed by atoms with Crippen molar-refractivity contribution in [3.63, 3.8) is 0 Å². The summed E-state index contributed by atoms with van der Waals surface area (Å²) in [6.07, 6.45) is 10.8. The number of likely N-dealkylation sites (tertiary alicyclic amines) is 1. The molecule has 1 heterocycles. The fourth-order valence-electron chi connectivity index (χ4n) is 4.20. The minimum Gasteiger partial charge on any atom is -0.444 e. The number of hydrogen-bond acceptors (Lipinski definition) is 3. The number of carbonyl (C=O) groups is 1. The Kier molecular flexibility index (Phi) is 4.41. The van der Waals surface area contributed by atoms with E-state index in [4.69, 9.17) is 4.74 Å². The van der Waals surface area contributed by atoms with Crippen LogP contribution in [0.25, 0.3) is 0 Å². The Hall–Kier alpha value is -0.770. The van der Waals surface area contributed by atoms with Crippen molar-refractivity contribution in [1.29, 1.82) is 0 Å². The van der Waals surface area contributed by atoms with Gasteiger partial charge >= 0.3 is 6.09 Å². The van der Waals surface area contributed by atoms with Gasteiger partial charge in [0.2, 0.25) is 0 Å². The minimum absolute atomic E-state index is 0.0470. The Morgan fingerprint density at radius 3 is 2.36 bits per heavy atom. The molecule has 4 nitrogen and oxygen atoms in total. The SMILES string of the molecule is CC(C)(C)OC(=O)N1CCC(NC2CC2)CC12CCCCC2. The lowest BCUT2D eigenvalue weighted by atomic mass is 9.73. The maximum atomic E-state index is 12.7. The second-order valence-electron chi connectivity index (χ2n) is 8.55. The fraction of sp³-hybridized carbons (Fsp3) is 0.944. The summed E-state index contributed by atoms with van der Waals surface area (Å²) in [5.41, 5.74) is -0.360. The number of piperidine rings is 1. The van der Waals surface area contributed by atoms with Gasteiger partial charge in [0.05, 0.1) is 0 Å². The molecule has 0 aromatic rings. The monoisotopic (exact) mass is 308 g/mol. The predicted molar refractivity (Wildman–Crippen MR) is 87.9 cm³/mol. The maximum Gasteiger partial charge on any atom is 0.410 e. The van der Waals surface area contributed by atoms with Gasteiger partial charge in [0, 0.05) is 24.2 Å². The molecule has 2 aliphatic carbocycles. The molecule has 0 aromatic carbocycles. The fourth-order valence-corrected chi connectivity index (χ4v) is 4.20. The third kappa shape index (κ3) is 3.76. The van der Waals surface area contributed by atoms with Crippen LogP contribution in [0.4, 0.5) is 4.79 Å². The second kappa shape index (κ2) is 6.03. The van der Waals surface area contributed by atoms with Crippen molar-refractivity contribution >= 4 is 6.09 Å². The first kappa shape index (κ1) is 16.1. The summed E-state index contributed by atoms with van der Waals surface area (Å²) in [5, 5.41) is 3.79. The molecule has 1 unspecified atom stereocenters. The Balaban J connectivity index is 1.71. The van der Waals surface area contributed by atoms with Gasteiger partial charge in [0.15, 0.2) is 0 Å². The Morgan fingerprint density at radius 2 is 1.77 bits per heavy atom. The molecule has 0 aromatic heterocycles. The lowest BCUT2D eigenvalue weighted by Gasteiger charge is -2.51. The highest BCUT2D eigenvalue weighted by atomic mass is 16.6. The van der Waals surface area contributed by atoms with E-state index in [-0.39, 0.29) is 11.6 Å². The van der Waals surface area contributed by atoms with Crippen LogP contribution in [0, 0.1) is 0 Å². The lowest BCUT2D eigenvalue weighted by Crippen LogP contribution is -2.61. The van der Waals surface area contributed by atoms with Crippen LogP contribution in [0.5, 0.6) is 0 Å². The van der Waals surface area contributed by atoms with Crippen LogP contribution >= 0.6 is 0 Å². The molecule has 1 atom stereocenters. The smallest absolute Gasteiger partial charge is 0.410 e. The Morgan fingerprint density at radius 1 is 1.09 bits per heavy atom. The van der Waals surface area contributed by atoms with Crippen molar-refractivity contribution in [2.24, 2.45) is 0 Å². The molecule has 1 aliphatic heterocycles. The minimum atomic E-state index is -0.407. The predicted octanol–water partition coefficient (Wildman–Crippen LogP) is 3.84. The largest absolute Gasteiger partial charge is 0.444 e. The molecule has 3 fully saturated rings. The molecule has 1 saturated heterocycles. The van der Waals surface area contributed by atoms with Gasteiger partial charge in [-0.05, 0) is 59.3 Å². The molecular weight excluding hydrogens is 276 g/mol. The molecule has 2 saturated carbocycles. The molecular formula is C18H32N2O2. The molecule has 1 amide bonds. The Bertz CT molecular complexity index is 406.